The summed E-state index contributed by atoms with van der Waals surface area (Å²) < 4.78 is 10.9. The van der Waals surface area contributed by atoms with Gasteiger partial charge in [0.1, 0.15) is 6.54 Å². The molecular formula is C20H17ClN6O3. The van der Waals surface area contributed by atoms with E-state index in [-0.39, 0.29) is 12.6 Å². The number of aromatic nitrogens is 6. The molecule has 30 heavy (non-hydrogen) atoms. The predicted molar refractivity (Wildman–Crippen MR) is 108 cm³/mol. The number of halogens is 1. The van der Waals surface area contributed by atoms with Crippen molar-refractivity contribution in [2.24, 2.45) is 0 Å². The van der Waals surface area contributed by atoms with Crippen LogP contribution in [0.5, 0.6) is 0 Å². The van der Waals surface area contributed by atoms with E-state index in [0.717, 1.165) is 0 Å². The van der Waals surface area contributed by atoms with E-state index in [4.69, 9.17) is 20.8 Å². The van der Waals surface area contributed by atoms with Crippen molar-refractivity contribution in [2.75, 3.05) is 0 Å². The first-order chi connectivity index (χ1) is 14.5. The molecule has 9 nitrogen and oxygen atoms in total. The minimum atomic E-state index is -0.405. The van der Waals surface area contributed by atoms with Crippen LogP contribution in [0.25, 0.3) is 22.8 Å². The van der Waals surface area contributed by atoms with Crippen LogP contribution in [0, 0.1) is 0 Å². The van der Waals surface area contributed by atoms with Gasteiger partial charge in [0.25, 0.3) is 0 Å². The summed E-state index contributed by atoms with van der Waals surface area (Å²) in [5, 5.41) is 20.9. The molecule has 0 aliphatic carbocycles. The summed E-state index contributed by atoms with van der Waals surface area (Å²) in [6.07, 6.45) is -0.204. The summed E-state index contributed by atoms with van der Waals surface area (Å²) in [7, 11) is 0. The summed E-state index contributed by atoms with van der Waals surface area (Å²) in [5.41, 5.74) is 1.70. The minimum Gasteiger partial charge on any atom is -0.459 e. The smallest absolute Gasteiger partial charge is 0.338 e. The number of hydrogen-bond donors (Lipinski definition) is 0. The van der Waals surface area contributed by atoms with Crippen molar-refractivity contribution in [3.63, 3.8) is 0 Å². The molecule has 2 heterocycles. The highest BCUT2D eigenvalue weighted by Gasteiger charge is 2.15. The number of hydrogen-bond acceptors (Lipinski definition) is 8. The number of rotatable bonds is 6. The van der Waals surface area contributed by atoms with Gasteiger partial charge >= 0.3 is 5.97 Å². The molecule has 152 valence electrons. The maximum atomic E-state index is 12.1. The topological polar surface area (TPSA) is 109 Å². The Morgan fingerprint density at radius 1 is 1.13 bits per heavy atom. The molecule has 4 aromatic rings. The van der Waals surface area contributed by atoms with Crippen LogP contribution in [0.15, 0.2) is 52.9 Å². The Hall–Kier alpha value is -3.59. The maximum absolute atomic E-state index is 12.1. The number of nitrogens with zero attached hydrogens (tertiary/aromatic N) is 6. The molecule has 0 saturated heterocycles. The highest BCUT2D eigenvalue weighted by atomic mass is 35.5. The molecule has 0 unspecified atom stereocenters. The molecule has 0 bridgehead atoms. The fourth-order valence-corrected chi connectivity index (χ4v) is 2.89. The Bertz CT molecular complexity index is 1190. The summed E-state index contributed by atoms with van der Waals surface area (Å²) in [5.74, 6) is 0.577. The van der Waals surface area contributed by atoms with Gasteiger partial charge in [-0.2, -0.15) is 4.80 Å². The van der Waals surface area contributed by atoms with E-state index in [1.165, 1.54) is 4.80 Å². The van der Waals surface area contributed by atoms with Gasteiger partial charge in [0.05, 0.1) is 22.3 Å². The fourth-order valence-electron chi connectivity index (χ4n) is 2.68. The molecule has 10 heteroatoms. The number of carbonyl (C=O) groups is 1. The van der Waals surface area contributed by atoms with Crippen molar-refractivity contribution in [3.8, 4) is 22.8 Å². The number of esters is 1. The standard InChI is InChI=1S/C20H17ClN6O3/c1-12(2)29-20(28)14-7-5-6-13(10-14)18-23-26-27(25-18)11-17-22-24-19(30-17)15-8-3-4-9-16(15)21/h3-10,12H,11H2,1-2H3. The van der Waals surface area contributed by atoms with Crippen molar-refractivity contribution in [1.29, 1.82) is 0 Å². The average Bonchev–Trinajstić information content (AvgIpc) is 3.38. The summed E-state index contributed by atoms with van der Waals surface area (Å²) in [6, 6.07) is 14.1. The van der Waals surface area contributed by atoms with E-state index in [9.17, 15) is 4.79 Å². The lowest BCUT2D eigenvalue weighted by molar-refractivity contribution is 0.0378. The van der Waals surface area contributed by atoms with Crippen LogP contribution in [0.4, 0.5) is 0 Å². The lowest BCUT2D eigenvalue weighted by atomic mass is 10.1. The van der Waals surface area contributed by atoms with Gasteiger partial charge < -0.3 is 9.15 Å². The van der Waals surface area contributed by atoms with E-state index < -0.39 is 5.97 Å². The monoisotopic (exact) mass is 424 g/mol. The van der Waals surface area contributed by atoms with Crippen LogP contribution in [-0.4, -0.2) is 42.5 Å². The van der Waals surface area contributed by atoms with Crippen molar-refractivity contribution in [3.05, 3.63) is 65.0 Å². The Morgan fingerprint density at radius 2 is 1.97 bits per heavy atom. The number of carbonyl (C=O) groups excluding carboxylic acids is 1. The zero-order valence-electron chi connectivity index (χ0n) is 16.2. The molecule has 2 aromatic heterocycles. The third-order valence-electron chi connectivity index (χ3n) is 4.00. The Morgan fingerprint density at radius 3 is 2.77 bits per heavy atom. The lowest BCUT2D eigenvalue weighted by Gasteiger charge is -2.08. The molecule has 0 atom stereocenters. The predicted octanol–water partition coefficient (Wildman–Crippen LogP) is 3.66. The Balaban J connectivity index is 1.50. The normalized spacial score (nSPS) is 11.1. The van der Waals surface area contributed by atoms with Gasteiger partial charge in [-0.25, -0.2) is 4.79 Å². The number of ether oxygens (including phenoxy) is 1. The first kappa shape index (κ1) is 19.7. The fraction of sp³-hybridized carbons (Fsp3) is 0.200. The molecule has 0 fully saturated rings. The van der Waals surface area contributed by atoms with Crippen molar-refractivity contribution in [1.82, 2.24) is 30.4 Å². The molecule has 0 aliphatic rings. The van der Waals surface area contributed by atoms with Crippen LogP contribution in [0.2, 0.25) is 5.02 Å². The van der Waals surface area contributed by atoms with E-state index >= 15 is 0 Å². The van der Waals surface area contributed by atoms with Gasteiger partial charge in [-0.05, 0) is 43.3 Å². The summed E-state index contributed by atoms with van der Waals surface area (Å²) in [6.45, 7) is 3.73. The largest absolute Gasteiger partial charge is 0.459 e. The second-order valence-corrected chi connectivity index (χ2v) is 7.07. The SMILES string of the molecule is CC(C)OC(=O)c1cccc(-c2nnn(Cc3nnc(-c4ccccc4Cl)o3)n2)c1. The molecule has 2 aromatic carbocycles. The van der Waals surface area contributed by atoms with E-state index in [1.807, 2.05) is 12.1 Å². The van der Waals surface area contributed by atoms with E-state index in [2.05, 4.69) is 25.6 Å². The first-order valence-electron chi connectivity index (χ1n) is 9.16. The Kier molecular flexibility index (Phi) is 5.53. The average molecular weight is 425 g/mol. The molecule has 0 saturated carbocycles. The van der Waals surface area contributed by atoms with Gasteiger partial charge in [-0.15, -0.1) is 20.4 Å². The Labute approximate surface area is 176 Å². The molecule has 0 amide bonds. The molecular weight excluding hydrogens is 408 g/mol. The maximum Gasteiger partial charge on any atom is 0.338 e. The minimum absolute atomic E-state index is 0.138. The summed E-state index contributed by atoms with van der Waals surface area (Å²) >= 11 is 6.16. The van der Waals surface area contributed by atoms with Crippen LogP contribution in [0.3, 0.4) is 0 Å². The quantitative estimate of drug-likeness (QED) is 0.431. The number of tetrazole rings is 1. The zero-order chi connectivity index (χ0) is 21.1. The van der Waals surface area contributed by atoms with Crippen LogP contribution >= 0.6 is 11.6 Å². The molecule has 0 radical (unpaired) electrons. The van der Waals surface area contributed by atoms with Gasteiger partial charge in [0, 0.05) is 5.56 Å². The van der Waals surface area contributed by atoms with Crippen molar-refractivity contribution < 1.29 is 13.9 Å². The third kappa shape index (κ3) is 4.36. The van der Waals surface area contributed by atoms with E-state index in [0.29, 0.717) is 39.3 Å². The number of benzene rings is 2. The molecule has 4 rings (SSSR count). The molecule has 0 aliphatic heterocycles. The first-order valence-corrected chi connectivity index (χ1v) is 9.54. The van der Waals surface area contributed by atoms with Gasteiger partial charge in [0.15, 0.2) is 0 Å². The van der Waals surface area contributed by atoms with Crippen LogP contribution in [-0.2, 0) is 11.3 Å². The summed E-state index contributed by atoms with van der Waals surface area (Å²) in [4.78, 5) is 13.4. The van der Waals surface area contributed by atoms with Gasteiger partial charge in [-0.3, -0.25) is 0 Å². The van der Waals surface area contributed by atoms with Gasteiger partial charge in [0.2, 0.25) is 17.6 Å². The van der Waals surface area contributed by atoms with E-state index in [1.54, 1.807) is 50.2 Å². The molecule has 0 spiro atoms. The third-order valence-corrected chi connectivity index (χ3v) is 4.33. The van der Waals surface area contributed by atoms with Crippen molar-refractivity contribution in [2.45, 2.75) is 26.5 Å². The van der Waals surface area contributed by atoms with Crippen molar-refractivity contribution >= 4 is 17.6 Å². The van der Waals surface area contributed by atoms with Gasteiger partial charge in [-0.1, -0.05) is 35.9 Å². The highest BCUT2D eigenvalue weighted by Crippen LogP contribution is 2.26. The zero-order valence-corrected chi connectivity index (χ0v) is 16.9. The van der Waals surface area contributed by atoms with Crippen LogP contribution in [0.1, 0.15) is 30.1 Å². The second kappa shape index (κ2) is 8.42. The second-order valence-electron chi connectivity index (χ2n) is 6.66. The van der Waals surface area contributed by atoms with Crippen LogP contribution < -0.4 is 0 Å². The lowest BCUT2D eigenvalue weighted by Crippen LogP contribution is -2.11. The highest BCUT2D eigenvalue weighted by molar-refractivity contribution is 6.33. The molecule has 0 N–H and O–H groups in total.